The number of H-pyrrole nitrogens is 1. The molecule has 4 nitrogen and oxygen atoms in total. The third kappa shape index (κ3) is 14.9. The number of hydrogen-bond acceptors (Lipinski definition) is 2. The number of nitrogens with zero attached hydrogens (tertiary/aromatic N) is 1. The fourth-order valence-electron chi connectivity index (χ4n) is 19.6. The molecule has 24 rings (SSSR count). The molecule has 0 aliphatic carbocycles. The molecule has 22 aromatic carbocycles. The van der Waals surface area contributed by atoms with E-state index in [2.05, 4.69) is 477 Å². The summed E-state index contributed by atoms with van der Waals surface area (Å²) in [6, 6.07) is 178. The van der Waals surface area contributed by atoms with Crippen LogP contribution in [0.15, 0.2) is 497 Å². The molecule has 5 heteroatoms. The molecule has 0 fully saturated rings. The van der Waals surface area contributed by atoms with Crippen LogP contribution in [0.4, 0.5) is 0 Å². The van der Waals surface area contributed by atoms with Crippen molar-refractivity contribution < 1.29 is 10.0 Å². The summed E-state index contributed by atoms with van der Waals surface area (Å²) in [5.41, 5.74) is 35.5. The lowest BCUT2D eigenvalue weighted by molar-refractivity contribution is 0.426. The van der Waals surface area contributed by atoms with Gasteiger partial charge in [-0.25, -0.2) is 0 Å². The van der Waals surface area contributed by atoms with Crippen molar-refractivity contribution in [2.75, 3.05) is 0 Å². The lowest BCUT2D eigenvalue weighted by Crippen LogP contribution is -2.29. The Bertz CT molecular complexity index is 7890. The van der Waals surface area contributed by atoms with Crippen LogP contribution < -0.4 is 5.46 Å². The van der Waals surface area contributed by atoms with Gasteiger partial charge in [-0.15, -0.1) is 0 Å². The van der Waals surface area contributed by atoms with Crippen LogP contribution >= 0.6 is 0 Å². The van der Waals surface area contributed by atoms with Crippen LogP contribution in [0.2, 0.25) is 0 Å². The first-order chi connectivity index (χ1) is 63.9. The summed E-state index contributed by atoms with van der Waals surface area (Å²) in [6.07, 6.45) is 0. The van der Waals surface area contributed by atoms with Crippen LogP contribution in [-0.2, 0) is 0 Å². The number of aromatic nitrogens is 2. The van der Waals surface area contributed by atoms with Crippen molar-refractivity contribution in [1.82, 2.24) is 9.55 Å². The van der Waals surface area contributed by atoms with E-state index < -0.39 is 7.12 Å². The molecular weight excluding hydrogens is 1560 g/mol. The first-order valence-electron chi connectivity index (χ1n) is 44.2. The minimum atomic E-state index is -1.46. The van der Waals surface area contributed by atoms with Crippen LogP contribution in [-0.4, -0.2) is 26.7 Å². The number of fused-ring (bicyclic) bond motifs is 10. The van der Waals surface area contributed by atoms with Gasteiger partial charge in [0.05, 0.1) is 11.0 Å². The van der Waals surface area contributed by atoms with Gasteiger partial charge in [-0.2, -0.15) is 0 Å². The predicted octanol–water partition coefficient (Wildman–Crippen LogP) is 32.1. The second kappa shape index (κ2) is 34.5. The van der Waals surface area contributed by atoms with Crippen molar-refractivity contribution >= 4 is 99.3 Å². The summed E-state index contributed by atoms with van der Waals surface area (Å²) in [5.74, 6) is 0. The SMILES string of the molecule is OB(O)c1ccc(-c2c3ccccc3c(-c3ccccc3)c3ccccc23)cc1.c1ccc(-c2ccccc2-c2ccc3[nH]c4ccc(-c5ccccc5-c5ccccc5)cc4c3c2)cc1.c1ccc(-c2ccccc2-c2ccc3c(c2)c2cc(-c4ccccc4-c4ccccc4)ccc2n3-c2ccc(-c3c4ccccc4c(-c4ccccc4)c4ccccc34)cc2)cc1. The fourth-order valence-corrected chi connectivity index (χ4v) is 19.6. The van der Waals surface area contributed by atoms with Gasteiger partial charge in [0.2, 0.25) is 0 Å². The molecule has 0 bridgehead atoms. The van der Waals surface area contributed by atoms with Crippen molar-refractivity contribution in [3.63, 3.8) is 0 Å². The fraction of sp³-hybridized carbons (Fsp3) is 0. The van der Waals surface area contributed by atoms with E-state index in [0.29, 0.717) is 5.46 Å². The van der Waals surface area contributed by atoms with Crippen LogP contribution in [0, 0.1) is 0 Å². The molecule has 3 N–H and O–H groups in total. The van der Waals surface area contributed by atoms with Crippen molar-refractivity contribution in [3.05, 3.63) is 497 Å². The maximum Gasteiger partial charge on any atom is 0.488 e. The summed E-state index contributed by atoms with van der Waals surface area (Å²) >= 11 is 0. The number of hydrogen-bond donors (Lipinski definition) is 3. The van der Waals surface area contributed by atoms with Gasteiger partial charge in [-0.3, -0.25) is 0 Å². The molecule has 0 aliphatic rings. The van der Waals surface area contributed by atoms with Gasteiger partial charge in [0.25, 0.3) is 0 Å². The molecule has 2 heterocycles. The Morgan fingerprint density at radius 2 is 0.364 bits per heavy atom. The Morgan fingerprint density at radius 1 is 0.163 bits per heavy atom. The number of nitrogens with one attached hydrogen (secondary N) is 1. The van der Waals surface area contributed by atoms with E-state index in [1.807, 2.05) is 18.2 Å². The average Bonchev–Trinajstić information content (AvgIpc) is 1.62. The van der Waals surface area contributed by atoms with E-state index >= 15 is 0 Å². The Kier molecular flexibility index (Phi) is 21.0. The summed E-state index contributed by atoms with van der Waals surface area (Å²) in [6.45, 7) is 0. The van der Waals surface area contributed by atoms with E-state index in [1.54, 1.807) is 12.1 Å². The van der Waals surface area contributed by atoms with Gasteiger partial charge in [-0.1, -0.05) is 437 Å². The highest BCUT2D eigenvalue weighted by Gasteiger charge is 2.24. The summed E-state index contributed by atoms with van der Waals surface area (Å²) in [7, 11) is -1.46. The van der Waals surface area contributed by atoms with Gasteiger partial charge in [0, 0.05) is 38.3 Å². The highest BCUT2D eigenvalue weighted by molar-refractivity contribution is 6.58. The van der Waals surface area contributed by atoms with Crippen molar-refractivity contribution in [1.29, 1.82) is 0 Å². The van der Waals surface area contributed by atoms with Gasteiger partial charge in [0.15, 0.2) is 0 Å². The molecule has 0 atom stereocenters. The second-order valence-electron chi connectivity index (χ2n) is 33.0. The largest absolute Gasteiger partial charge is 0.488 e. The Morgan fingerprint density at radius 3 is 0.628 bits per heavy atom. The maximum absolute atomic E-state index is 9.45. The van der Waals surface area contributed by atoms with Gasteiger partial charge < -0.3 is 19.6 Å². The predicted molar refractivity (Wildman–Crippen MR) is 548 cm³/mol. The monoisotopic (exact) mass is 1640 g/mol. The quantitative estimate of drug-likeness (QED) is 0.0750. The lowest BCUT2D eigenvalue weighted by Gasteiger charge is -2.18. The molecule has 0 unspecified atom stereocenters. The first kappa shape index (κ1) is 78.4. The van der Waals surface area contributed by atoms with Crippen molar-refractivity contribution in [2.45, 2.75) is 0 Å². The van der Waals surface area contributed by atoms with Crippen LogP contribution in [0.5, 0.6) is 0 Å². The van der Waals surface area contributed by atoms with E-state index in [9.17, 15) is 10.0 Å². The molecule has 606 valence electrons. The van der Waals surface area contributed by atoms with E-state index in [-0.39, 0.29) is 0 Å². The van der Waals surface area contributed by atoms with E-state index in [0.717, 1.165) is 27.8 Å². The smallest absolute Gasteiger partial charge is 0.423 e. The Balaban J connectivity index is 0.000000125. The molecular formula is C124H85BN2O2. The average molecular weight is 1650 g/mol. The number of aromatic amines is 1. The number of rotatable bonds is 14. The molecule has 24 aromatic rings. The normalized spacial score (nSPS) is 11.3. The van der Waals surface area contributed by atoms with Gasteiger partial charge in [0.1, 0.15) is 0 Å². The topological polar surface area (TPSA) is 61.2 Å². The molecule has 0 aliphatic heterocycles. The Labute approximate surface area is 750 Å². The van der Waals surface area contributed by atoms with Crippen molar-refractivity contribution in [3.8, 4) is 139 Å². The molecule has 0 radical (unpaired) electrons. The third-order valence-electron chi connectivity index (χ3n) is 25.6. The zero-order valence-corrected chi connectivity index (χ0v) is 70.8. The van der Waals surface area contributed by atoms with E-state index in [4.69, 9.17) is 0 Å². The van der Waals surface area contributed by atoms with Crippen LogP contribution in [0.25, 0.3) is 226 Å². The van der Waals surface area contributed by atoms with Crippen LogP contribution in [0.3, 0.4) is 0 Å². The van der Waals surface area contributed by atoms with Crippen molar-refractivity contribution in [2.24, 2.45) is 0 Å². The number of benzene rings is 22. The zero-order chi connectivity index (χ0) is 86.1. The highest BCUT2D eigenvalue weighted by Crippen LogP contribution is 2.49. The third-order valence-corrected chi connectivity index (χ3v) is 25.6. The molecule has 0 amide bonds. The molecule has 0 saturated heterocycles. The maximum atomic E-state index is 9.45. The molecule has 129 heavy (non-hydrogen) atoms. The first-order valence-corrected chi connectivity index (χ1v) is 44.2. The standard InChI is InChI=1S/C62H41N.C36H25N.C26H19BO2/c1-4-18-42(19-5-1)49-24-10-12-26-51(49)46-34-38-59-57(40-46)58-41-47(52-27-13-11-25-50(52)43-20-6-2-7-21-43)35-39-60(58)63(59)48-36-32-45(33-37-48)62-55-30-16-14-28-53(55)61(44-22-8-3-9-23-44)54-29-15-17-31-56(54)62;1-3-11-25(12-4-1)29-15-7-9-17-31(29)27-19-21-35-33(23-27)34-24-28(20-22-36(34)37-35)32-18-10-8-16-30(32)26-13-5-2-6-14-26;28-27(29)20-16-14-19(15-17-20)26-23-12-6-4-10-21(23)25(18-8-2-1-3-9-18)22-11-5-7-13-24(22)26/h1-41H;1-24,37H;1-17,28-29H. The summed E-state index contributed by atoms with van der Waals surface area (Å²) < 4.78 is 2.45. The van der Waals surface area contributed by atoms with Gasteiger partial charge >= 0.3 is 7.12 Å². The van der Waals surface area contributed by atoms with E-state index in [1.165, 1.54) is 198 Å². The zero-order valence-electron chi connectivity index (χ0n) is 70.8. The molecule has 0 spiro atoms. The minimum Gasteiger partial charge on any atom is -0.423 e. The molecule has 2 aromatic heterocycles. The summed E-state index contributed by atoms with van der Waals surface area (Å²) in [5, 5.41) is 33.6. The second-order valence-corrected chi connectivity index (χ2v) is 33.0. The molecule has 0 saturated carbocycles. The Hall–Kier alpha value is -16.5. The lowest BCUT2D eigenvalue weighted by atomic mass is 9.79. The minimum absolute atomic E-state index is 0.489. The van der Waals surface area contributed by atoms with Crippen LogP contribution in [0.1, 0.15) is 0 Å². The van der Waals surface area contributed by atoms with Gasteiger partial charge in [-0.05, 0) is 243 Å². The summed E-state index contributed by atoms with van der Waals surface area (Å²) in [4.78, 5) is 3.63. The highest BCUT2D eigenvalue weighted by atomic mass is 16.4.